The van der Waals surface area contributed by atoms with E-state index in [4.69, 9.17) is 5.10 Å². The molecule has 2 heterocycles. The maximum Gasteiger partial charge on any atom is 0.325 e. The van der Waals surface area contributed by atoms with Gasteiger partial charge in [0.05, 0.1) is 11.3 Å². The zero-order chi connectivity index (χ0) is 22.0. The number of aromatic amines is 1. The summed E-state index contributed by atoms with van der Waals surface area (Å²) in [5.41, 5.74) is 2.03. The molecule has 0 spiro atoms. The Bertz CT molecular complexity index is 1160. The zero-order valence-corrected chi connectivity index (χ0v) is 18.3. The highest BCUT2D eigenvalue weighted by atomic mass is 32.2. The topological polar surface area (TPSA) is 69.9 Å². The van der Waals surface area contributed by atoms with Crippen LogP contribution in [0.2, 0.25) is 0 Å². The molecule has 1 aromatic heterocycles. The number of halogens is 1. The summed E-state index contributed by atoms with van der Waals surface area (Å²) in [5, 5.41) is 5.22. The smallest absolute Gasteiger partial charge is 0.291 e. The fourth-order valence-electron chi connectivity index (χ4n) is 3.83. The molecule has 8 heteroatoms. The molecule has 0 bridgehead atoms. The van der Waals surface area contributed by atoms with Gasteiger partial charge in [0.1, 0.15) is 5.82 Å². The summed E-state index contributed by atoms with van der Waals surface area (Å²) in [7, 11) is 0. The summed E-state index contributed by atoms with van der Waals surface area (Å²) in [6, 6.07) is 13.2. The van der Waals surface area contributed by atoms with E-state index in [1.54, 1.807) is 21.7 Å². The van der Waals surface area contributed by atoms with Crippen LogP contribution in [-0.4, -0.2) is 21.7 Å². The fourth-order valence-corrected chi connectivity index (χ4v) is 4.69. The van der Waals surface area contributed by atoms with Crippen LogP contribution in [0.25, 0.3) is 11.3 Å². The van der Waals surface area contributed by atoms with Gasteiger partial charge >= 0.3 is 11.3 Å². The minimum Gasteiger partial charge on any atom is -0.291 e. The molecule has 0 saturated carbocycles. The second kappa shape index (κ2) is 9.01. The van der Waals surface area contributed by atoms with Gasteiger partial charge in [-0.3, -0.25) is 14.6 Å². The van der Waals surface area contributed by atoms with Crippen molar-refractivity contribution >= 4 is 23.4 Å². The summed E-state index contributed by atoms with van der Waals surface area (Å²) >= 11 is 1.49. The first kappa shape index (κ1) is 21.2. The lowest BCUT2D eigenvalue weighted by molar-refractivity contribution is -0.763. The summed E-state index contributed by atoms with van der Waals surface area (Å²) < 4.78 is 15.2. The number of unbranched alkanes of at least 4 members (excludes halogenated alkanes) is 2. The molecule has 0 saturated heterocycles. The Morgan fingerprint density at radius 1 is 1.19 bits per heavy atom. The number of H-pyrrole nitrogens is 1. The molecule has 2 aromatic carbocycles. The van der Waals surface area contributed by atoms with Crippen molar-refractivity contribution < 1.29 is 13.9 Å². The Labute approximate surface area is 184 Å². The van der Waals surface area contributed by atoms with Crippen molar-refractivity contribution in [3.63, 3.8) is 0 Å². The van der Waals surface area contributed by atoms with Gasteiger partial charge in [-0.25, -0.2) is 9.29 Å². The molecule has 0 fully saturated rings. The third kappa shape index (κ3) is 4.12. The Morgan fingerprint density at radius 2 is 1.94 bits per heavy atom. The third-order valence-corrected chi connectivity index (χ3v) is 6.20. The van der Waals surface area contributed by atoms with E-state index in [-0.39, 0.29) is 17.3 Å². The van der Waals surface area contributed by atoms with Crippen molar-refractivity contribution in [3.05, 3.63) is 70.3 Å². The largest absolute Gasteiger partial charge is 0.325 e. The fraction of sp³-hybridized carbons (Fsp3) is 0.304. The maximum absolute atomic E-state index is 13.6. The molecule has 31 heavy (non-hydrogen) atoms. The van der Waals surface area contributed by atoms with Crippen LogP contribution in [0.15, 0.2) is 58.5 Å². The summed E-state index contributed by atoms with van der Waals surface area (Å²) in [6.45, 7) is 3.62. The van der Waals surface area contributed by atoms with Crippen molar-refractivity contribution in [1.82, 2.24) is 10.1 Å². The van der Waals surface area contributed by atoms with E-state index in [1.807, 2.05) is 24.3 Å². The van der Waals surface area contributed by atoms with Gasteiger partial charge in [-0.15, -0.1) is 0 Å². The number of rotatable bonds is 6. The number of para-hydroxylation sites is 1. The van der Waals surface area contributed by atoms with E-state index in [1.165, 1.54) is 30.8 Å². The highest BCUT2D eigenvalue weighted by molar-refractivity contribution is 7.99. The predicted octanol–water partition coefficient (Wildman–Crippen LogP) is 4.06. The number of nitrogens with zero attached hydrogens (tertiary/aromatic N) is 3. The molecule has 4 rings (SSSR count). The van der Waals surface area contributed by atoms with Crippen molar-refractivity contribution in [2.75, 3.05) is 10.7 Å². The van der Waals surface area contributed by atoms with Gasteiger partial charge in [-0.05, 0) is 47.5 Å². The van der Waals surface area contributed by atoms with E-state index in [2.05, 4.69) is 11.9 Å². The lowest BCUT2D eigenvalue weighted by Crippen LogP contribution is -2.60. The average molecular weight is 440 g/mol. The molecule has 1 aliphatic rings. The molecule has 6 nitrogen and oxygen atoms in total. The van der Waals surface area contributed by atoms with Crippen LogP contribution < -0.4 is 15.1 Å². The van der Waals surface area contributed by atoms with Gasteiger partial charge < -0.3 is 0 Å². The summed E-state index contributed by atoms with van der Waals surface area (Å²) in [5.74, 6) is 0.273. The van der Waals surface area contributed by atoms with Crippen LogP contribution in [0.3, 0.4) is 0 Å². The average Bonchev–Trinajstić information content (AvgIpc) is 2.76. The lowest BCUT2D eigenvalue weighted by Gasteiger charge is -2.31. The number of aromatic nitrogens is 3. The molecule has 1 aliphatic heterocycles. The standard InChI is InChI=1S/C23H23FN4O2S/c1-3-4-7-14-31-23-25-21(30)20-18-8-5-6-9-19(18)27(15(2)29)22(28(20)26-23)16-10-12-17(24)13-11-16/h5-6,8-13,22H,3-4,7,14H2,1-2H3/p+1/t22-/m0/s1. The van der Waals surface area contributed by atoms with E-state index in [0.717, 1.165) is 25.0 Å². The summed E-state index contributed by atoms with van der Waals surface area (Å²) in [4.78, 5) is 30.4. The monoisotopic (exact) mass is 439 g/mol. The number of thioether (sulfide) groups is 1. The van der Waals surface area contributed by atoms with Gasteiger partial charge in [0.25, 0.3) is 6.17 Å². The Hall–Kier alpha value is -3.00. The SMILES string of the molecule is CCCCCSc1n[n+]2c(c(=O)[nH]1)-c1ccccc1N(C(C)=O)[C@@H]2c1ccc(F)cc1. The maximum atomic E-state index is 13.6. The first-order valence-electron chi connectivity index (χ1n) is 10.3. The highest BCUT2D eigenvalue weighted by Crippen LogP contribution is 2.37. The van der Waals surface area contributed by atoms with Gasteiger partial charge in [-0.1, -0.05) is 43.7 Å². The van der Waals surface area contributed by atoms with Gasteiger partial charge in [0.15, 0.2) is 0 Å². The van der Waals surface area contributed by atoms with E-state index < -0.39 is 6.17 Å². The predicted molar refractivity (Wildman–Crippen MR) is 118 cm³/mol. The number of nitrogens with one attached hydrogen (secondary N) is 1. The van der Waals surface area contributed by atoms with Crippen molar-refractivity contribution in [1.29, 1.82) is 0 Å². The second-order valence-corrected chi connectivity index (χ2v) is 8.52. The molecule has 1 amide bonds. The Kier molecular flexibility index (Phi) is 6.18. The number of fused-ring (bicyclic) bond motifs is 3. The van der Waals surface area contributed by atoms with Crippen LogP contribution in [0.1, 0.15) is 44.8 Å². The second-order valence-electron chi connectivity index (χ2n) is 7.44. The van der Waals surface area contributed by atoms with Crippen molar-refractivity contribution in [2.45, 2.75) is 44.4 Å². The van der Waals surface area contributed by atoms with Crippen LogP contribution in [-0.2, 0) is 4.79 Å². The van der Waals surface area contributed by atoms with E-state index in [0.29, 0.717) is 27.7 Å². The van der Waals surface area contributed by atoms with E-state index in [9.17, 15) is 14.0 Å². The first-order valence-corrected chi connectivity index (χ1v) is 11.3. The molecule has 0 unspecified atom stereocenters. The first-order chi connectivity index (χ1) is 15.0. The lowest BCUT2D eigenvalue weighted by atomic mass is 10.0. The molecule has 1 N–H and O–H groups in total. The molecule has 1 atom stereocenters. The van der Waals surface area contributed by atoms with E-state index >= 15 is 0 Å². The Morgan fingerprint density at radius 3 is 2.65 bits per heavy atom. The number of hydrogen-bond donors (Lipinski definition) is 1. The number of carbonyl (C=O) groups is 1. The van der Waals surface area contributed by atoms with Gasteiger partial charge in [0.2, 0.25) is 11.1 Å². The minimum absolute atomic E-state index is 0.195. The molecular formula is C23H24FN4O2S+. The molecule has 0 radical (unpaired) electrons. The van der Waals surface area contributed by atoms with Crippen molar-refractivity contribution in [2.24, 2.45) is 0 Å². The minimum atomic E-state index is -0.694. The zero-order valence-electron chi connectivity index (χ0n) is 17.5. The molecule has 3 aromatic rings. The molecule has 0 aliphatic carbocycles. The molecular weight excluding hydrogens is 415 g/mol. The number of hydrogen-bond acceptors (Lipinski definition) is 4. The number of benzene rings is 2. The van der Waals surface area contributed by atoms with Crippen LogP contribution in [0.5, 0.6) is 0 Å². The Balaban J connectivity index is 1.90. The van der Waals surface area contributed by atoms with Crippen LogP contribution in [0, 0.1) is 5.82 Å². The van der Waals surface area contributed by atoms with Crippen LogP contribution in [0.4, 0.5) is 10.1 Å². The third-order valence-electron chi connectivity index (χ3n) is 5.25. The number of amides is 1. The normalized spacial score (nSPS) is 14.8. The number of carbonyl (C=O) groups excluding carboxylic acids is 1. The summed E-state index contributed by atoms with van der Waals surface area (Å²) in [6.07, 6.45) is 2.55. The van der Waals surface area contributed by atoms with Crippen LogP contribution >= 0.6 is 11.8 Å². The number of anilines is 1. The highest BCUT2D eigenvalue weighted by Gasteiger charge is 2.44. The van der Waals surface area contributed by atoms with Crippen molar-refractivity contribution in [3.8, 4) is 11.3 Å². The molecule has 160 valence electrons. The quantitative estimate of drug-likeness (QED) is 0.357. The van der Waals surface area contributed by atoms with Gasteiger partial charge in [0, 0.05) is 23.3 Å². The van der Waals surface area contributed by atoms with Gasteiger partial charge in [-0.2, -0.15) is 0 Å².